The Balaban J connectivity index is 2.13. The summed E-state index contributed by atoms with van der Waals surface area (Å²) in [5.74, 6) is 1.35. The van der Waals surface area contributed by atoms with Gasteiger partial charge in [0.05, 0.1) is 17.6 Å². The maximum Gasteiger partial charge on any atom is 0.190 e. The molecule has 0 fully saturated rings. The molecule has 2 heterocycles. The van der Waals surface area contributed by atoms with E-state index in [0.29, 0.717) is 5.92 Å². The largest absolute Gasteiger partial charge is 0.463 e. The number of hydrogen-bond donors (Lipinski definition) is 0. The quantitative estimate of drug-likeness (QED) is 0.602. The van der Waals surface area contributed by atoms with E-state index in [1.807, 2.05) is 12.1 Å². The highest BCUT2D eigenvalue weighted by atomic mass is 32.1. The Morgan fingerprint density at radius 1 is 1.17 bits per heavy atom. The number of benzene rings is 1. The van der Waals surface area contributed by atoms with Crippen LogP contribution in [0.4, 0.5) is 5.69 Å². The molecule has 2 aromatic heterocycles. The van der Waals surface area contributed by atoms with Crippen LogP contribution in [0.5, 0.6) is 0 Å². The second kappa shape index (κ2) is 7.01. The van der Waals surface area contributed by atoms with Gasteiger partial charge in [-0.05, 0) is 36.1 Å². The first-order chi connectivity index (χ1) is 11.2. The third-order valence-electron chi connectivity index (χ3n) is 3.79. The van der Waals surface area contributed by atoms with Crippen LogP contribution in [0, 0.1) is 0 Å². The van der Waals surface area contributed by atoms with E-state index in [2.05, 4.69) is 55.0 Å². The zero-order valence-corrected chi connectivity index (χ0v) is 14.6. The Bertz CT molecular complexity index is 825. The van der Waals surface area contributed by atoms with Crippen LogP contribution in [0.2, 0.25) is 0 Å². The summed E-state index contributed by atoms with van der Waals surface area (Å²) >= 11 is 1.67. The molecule has 4 heteroatoms. The molecule has 0 radical (unpaired) electrons. The average molecular weight is 326 g/mol. The molecule has 0 N–H and O–H groups in total. The van der Waals surface area contributed by atoms with Gasteiger partial charge in [-0.1, -0.05) is 39.0 Å². The van der Waals surface area contributed by atoms with Crippen LogP contribution >= 0.6 is 11.3 Å². The summed E-state index contributed by atoms with van der Waals surface area (Å²) in [6, 6.07) is 12.3. The van der Waals surface area contributed by atoms with Crippen molar-refractivity contribution in [2.45, 2.75) is 39.7 Å². The molecule has 0 bridgehead atoms. The number of rotatable bonds is 5. The highest BCUT2D eigenvalue weighted by Crippen LogP contribution is 2.27. The van der Waals surface area contributed by atoms with E-state index in [0.717, 1.165) is 34.9 Å². The Hall–Kier alpha value is -2.07. The van der Waals surface area contributed by atoms with Crippen LogP contribution in [0.25, 0.3) is 11.5 Å². The van der Waals surface area contributed by atoms with Gasteiger partial charge in [0.1, 0.15) is 0 Å². The summed E-state index contributed by atoms with van der Waals surface area (Å²) in [5.41, 5.74) is 3.44. The van der Waals surface area contributed by atoms with Crippen molar-refractivity contribution in [2.24, 2.45) is 4.99 Å². The predicted octanol–water partition coefficient (Wildman–Crippen LogP) is 5.58. The van der Waals surface area contributed by atoms with Gasteiger partial charge in [-0.25, -0.2) is 4.99 Å². The van der Waals surface area contributed by atoms with Crippen molar-refractivity contribution in [3.63, 3.8) is 0 Å². The second-order valence-electron chi connectivity index (χ2n) is 5.86. The lowest BCUT2D eigenvalue weighted by Gasteiger charge is -2.09. The van der Waals surface area contributed by atoms with E-state index in [1.165, 1.54) is 5.56 Å². The molecule has 1 aromatic carbocycles. The topological polar surface area (TPSA) is 30.4 Å². The number of hydrogen-bond acceptors (Lipinski definition) is 3. The first-order valence-electron chi connectivity index (χ1n) is 8.06. The van der Waals surface area contributed by atoms with Crippen LogP contribution in [0.1, 0.15) is 38.7 Å². The lowest BCUT2D eigenvalue weighted by atomic mass is 10.0. The van der Waals surface area contributed by atoms with Gasteiger partial charge in [-0.15, -0.1) is 11.3 Å². The molecule has 0 spiro atoms. The molecule has 0 saturated heterocycles. The summed E-state index contributed by atoms with van der Waals surface area (Å²) in [6.45, 7) is 7.53. The number of para-hydroxylation sites is 1. The highest BCUT2D eigenvalue weighted by Gasteiger charge is 2.11. The first-order valence-corrected chi connectivity index (χ1v) is 8.94. The standard InChI is InChI=1S/C19H22N2OS/c1-4-11-21-17(18-10-7-12-22-18)13-23-19(21)20-16-9-6-5-8-15(16)14(2)3/h5-10,12-14H,4,11H2,1-3H3. The lowest BCUT2D eigenvalue weighted by Crippen LogP contribution is -2.15. The van der Waals surface area contributed by atoms with Gasteiger partial charge in [-0.3, -0.25) is 0 Å². The molecule has 0 saturated carbocycles. The molecule has 3 aromatic rings. The molecule has 0 aliphatic rings. The maximum absolute atomic E-state index is 5.58. The third-order valence-corrected chi connectivity index (χ3v) is 4.66. The molecule has 0 atom stereocenters. The Morgan fingerprint density at radius 2 is 2.00 bits per heavy atom. The van der Waals surface area contributed by atoms with Crippen molar-refractivity contribution in [2.75, 3.05) is 0 Å². The Morgan fingerprint density at radius 3 is 2.70 bits per heavy atom. The second-order valence-corrected chi connectivity index (χ2v) is 6.69. The van der Waals surface area contributed by atoms with Gasteiger partial charge >= 0.3 is 0 Å². The fraction of sp³-hybridized carbons (Fsp3) is 0.316. The molecule has 3 rings (SSSR count). The number of nitrogens with zero attached hydrogens (tertiary/aromatic N) is 2. The molecule has 0 aliphatic carbocycles. The van der Waals surface area contributed by atoms with Crippen LogP contribution in [-0.4, -0.2) is 4.57 Å². The zero-order valence-electron chi connectivity index (χ0n) is 13.8. The van der Waals surface area contributed by atoms with Crippen molar-refractivity contribution in [1.29, 1.82) is 0 Å². The number of aromatic nitrogens is 1. The molecule has 0 unspecified atom stereocenters. The van der Waals surface area contributed by atoms with Crippen molar-refractivity contribution in [3.05, 3.63) is 58.4 Å². The summed E-state index contributed by atoms with van der Waals surface area (Å²) in [4.78, 5) is 5.97. The minimum absolute atomic E-state index is 0.457. The number of thiazole rings is 1. The van der Waals surface area contributed by atoms with E-state index >= 15 is 0 Å². The maximum atomic E-state index is 5.58. The van der Waals surface area contributed by atoms with Gasteiger partial charge in [-0.2, -0.15) is 0 Å². The first kappa shape index (κ1) is 15.8. The van der Waals surface area contributed by atoms with E-state index in [-0.39, 0.29) is 0 Å². The SMILES string of the molecule is CCCn1c(-c2ccco2)csc1=Nc1ccccc1C(C)C. The average Bonchev–Trinajstić information content (AvgIpc) is 3.18. The summed E-state index contributed by atoms with van der Waals surface area (Å²) < 4.78 is 7.83. The Kier molecular flexibility index (Phi) is 4.82. The lowest BCUT2D eigenvalue weighted by molar-refractivity contribution is 0.567. The fourth-order valence-electron chi connectivity index (χ4n) is 2.66. The minimum atomic E-state index is 0.457. The summed E-state index contributed by atoms with van der Waals surface area (Å²) in [7, 11) is 0. The highest BCUT2D eigenvalue weighted by molar-refractivity contribution is 7.07. The number of furan rings is 1. The van der Waals surface area contributed by atoms with Gasteiger partial charge < -0.3 is 8.98 Å². The van der Waals surface area contributed by atoms with Crippen LogP contribution in [0.15, 0.2) is 57.5 Å². The van der Waals surface area contributed by atoms with Crippen LogP contribution < -0.4 is 4.80 Å². The van der Waals surface area contributed by atoms with E-state index in [9.17, 15) is 0 Å². The molecular formula is C19H22N2OS. The van der Waals surface area contributed by atoms with E-state index in [1.54, 1.807) is 17.6 Å². The summed E-state index contributed by atoms with van der Waals surface area (Å²) in [5, 5.41) is 2.13. The van der Waals surface area contributed by atoms with E-state index < -0.39 is 0 Å². The van der Waals surface area contributed by atoms with Crippen molar-refractivity contribution < 1.29 is 4.42 Å². The van der Waals surface area contributed by atoms with Gasteiger partial charge in [0, 0.05) is 11.9 Å². The smallest absolute Gasteiger partial charge is 0.190 e. The molecule has 0 amide bonds. The van der Waals surface area contributed by atoms with E-state index in [4.69, 9.17) is 9.41 Å². The van der Waals surface area contributed by atoms with Crippen LogP contribution in [-0.2, 0) is 6.54 Å². The Labute approximate surface area is 140 Å². The monoisotopic (exact) mass is 326 g/mol. The fourth-order valence-corrected chi connectivity index (χ4v) is 3.59. The van der Waals surface area contributed by atoms with Crippen molar-refractivity contribution in [3.8, 4) is 11.5 Å². The minimum Gasteiger partial charge on any atom is -0.463 e. The normalized spacial score (nSPS) is 12.3. The van der Waals surface area contributed by atoms with Gasteiger partial charge in [0.2, 0.25) is 0 Å². The zero-order chi connectivity index (χ0) is 16.2. The molecule has 120 valence electrons. The molecule has 3 nitrogen and oxygen atoms in total. The third kappa shape index (κ3) is 3.32. The molecular weight excluding hydrogens is 304 g/mol. The molecule has 0 aliphatic heterocycles. The van der Waals surface area contributed by atoms with Gasteiger partial charge in [0.15, 0.2) is 10.6 Å². The summed E-state index contributed by atoms with van der Waals surface area (Å²) in [6.07, 6.45) is 2.78. The molecule has 23 heavy (non-hydrogen) atoms. The van der Waals surface area contributed by atoms with Crippen LogP contribution in [0.3, 0.4) is 0 Å². The predicted molar refractivity (Wildman–Crippen MR) is 96.1 cm³/mol. The van der Waals surface area contributed by atoms with Crippen molar-refractivity contribution >= 4 is 17.0 Å². The van der Waals surface area contributed by atoms with Crippen molar-refractivity contribution in [1.82, 2.24) is 4.57 Å². The van der Waals surface area contributed by atoms with Gasteiger partial charge in [0.25, 0.3) is 0 Å².